The van der Waals surface area contributed by atoms with E-state index in [-0.39, 0.29) is 18.3 Å². The smallest absolute Gasteiger partial charge is 0.219 e. The van der Waals surface area contributed by atoms with Crippen molar-refractivity contribution in [3.05, 3.63) is 101 Å². The fraction of sp³-hybridized carbons (Fsp3) is 0.219. The predicted molar refractivity (Wildman–Crippen MR) is 160 cm³/mol. The molecule has 0 unspecified atom stereocenters. The number of anilines is 2. The number of hydrogen-bond donors (Lipinski definition) is 1. The highest BCUT2D eigenvalue weighted by molar-refractivity contribution is 6.32. The summed E-state index contributed by atoms with van der Waals surface area (Å²) in [5.74, 6) is 2.56. The Balaban J connectivity index is 1.15. The maximum Gasteiger partial charge on any atom is 0.219 e. The summed E-state index contributed by atoms with van der Waals surface area (Å²) in [5.41, 5.74) is 3.14. The number of fused-ring (bicyclic) bond motifs is 1. The first-order valence-corrected chi connectivity index (χ1v) is 14.0. The summed E-state index contributed by atoms with van der Waals surface area (Å²) >= 11 is 6.50. The minimum absolute atomic E-state index is 0.121. The molecule has 1 amide bonds. The molecule has 214 valence electrons. The Morgan fingerprint density at radius 3 is 2.67 bits per heavy atom. The van der Waals surface area contributed by atoms with Gasteiger partial charge < -0.3 is 19.4 Å². The molecule has 8 nitrogen and oxygen atoms in total. The minimum Gasteiger partial charge on any atom is -0.487 e. The lowest BCUT2D eigenvalue weighted by molar-refractivity contribution is -0.130. The normalized spacial score (nSPS) is 13.8. The monoisotopic (exact) mass is 585 g/mol. The Labute approximate surface area is 247 Å². The quantitative estimate of drug-likeness (QED) is 0.218. The zero-order valence-corrected chi connectivity index (χ0v) is 23.8. The van der Waals surface area contributed by atoms with E-state index in [1.807, 2.05) is 41.3 Å². The summed E-state index contributed by atoms with van der Waals surface area (Å²) in [5, 5.41) is 4.59. The van der Waals surface area contributed by atoms with Crippen LogP contribution in [-0.4, -0.2) is 51.9 Å². The summed E-state index contributed by atoms with van der Waals surface area (Å²) in [6.45, 7) is 5.62. The van der Waals surface area contributed by atoms with Gasteiger partial charge in [-0.25, -0.2) is 14.4 Å². The first-order valence-electron chi connectivity index (χ1n) is 13.7. The number of nitrogens with one attached hydrogen (secondary N) is 1. The number of furan rings is 1. The first-order chi connectivity index (χ1) is 20.4. The SMILES string of the molecule is CC(=O)N1CCN(Cc2ccc(-c3ccc4ncnc(Nc5ccc(OCc6cccc(F)c6)c(Cl)c5)c4c3)o2)CC1. The molecule has 0 bridgehead atoms. The van der Waals surface area contributed by atoms with Crippen LogP contribution in [-0.2, 0) is 17.9 Å². The highest BCUT2D eigenvalue weighted by Crippen LogP contribution is 2.33. The molecule has 0 spiro atoms. The van der Waals surface area contributed by atoms with Crippen molar-refractivity contribution in [2.45, 2.75) is 20.1 Å². The number of rotatable bonds is 8. The Kier molecular flexibility index (Phi) is 8.03. The van der Waals surface area contributed by atoms with Crippen LogP contribution in [0.1, 0.15) is 18.2 Å². The molecular formula is C32H29ClFN5O3. The number of ether oxygens (including phenoxy) is 1. The van der Waals surface area contributed by atoms with Gasteiger partial charge in [0.05, 0.1) is 17.1 Å². The van der Waals surface area contributed by atoms with E-state index in [0.717, 1.165) is 59.9 Å². The summed E-state index contributed by atoms with van der Waals surface area (Å²) in [7, 11) is 0. The number of benzene rings is 3. The van der Waals surface area contributed by atoms with Gasteiger partial charge in [-0.1, -0.05) is 23.7 Å². The van der Waals surface area contributed by atoms with E-state index in [9.17, 15) is 9.18 Å². The summed E-state index contributed by atoms with van der Waals surface area (Å²) in [6.07, 6.45) is 1.51. The average molecular weight is 586 g/mol. The van der Waals surface area contributed by atoms with Gasteiger partial charge in [0.2, 0.25) is 5.91 Å². The molecule has 42 heavy (non-hydrogen) atoms. The van der Waals surface area contributed by atoms with Crippen molar-refractivity contribution in [1.82, 2.24) is 19.8 Å². The van der Waals surface area contributed by atoms with Crippen LogP contribution >= 0.6 is 11.6 Å². The zero-order valence-electron chi connectivity index (χ0n) is 23.0. The van der Waals surface area contributed by atoms with Gasteiger partial charge in [-0.15, -0.1) is 0 Å². The van der Waals surface area contributed by atoms with Gasteiger partial charge in [-0.05, 0) is 66.2 Å². The van der Waals surface area contributed by atoms with Gasteiger partial charge in [-0.2, -0.15) is 0 Å². The van der Waals surface area contributed by atoms with Crippen molar-refractivity contribution in [3.63, 3.8) is 0 Å². The summed E-state index contributed by atoms with van der Waals surface area (Å²) in [6, 6.07) is 21.5. The largest absolute Gasteiger partial charge is 0.487 e. The van der Waals surface area contributed by atoms with E-state index >= 15 is 0 Å². The molecule has 1 fully saturated rings. The molecule has 0 atom stereocenters. The van der Waals surface area contributed by atoms with Gasteiger partial charge in [0.25, 0.3) is 0 Å². The zero-order chi connectivity index (χ0) is 29.1. The summed E-state index contributed by atoms with van der Waals surface area (Å²) in [4.78, 5) is 24.7. The maximum absolute atomic E-state index is 13.5. The standard InChI is InChI=1S/C32H29ClFN5O3/c1-21(40)39-13-11-38(12-14-39)18-26-7-10-30(42-26)23-5-8-29-27(16-23)32(36-20-35-29)37-25-6-9-31(28(33)17-25)41-19-22-3-2-4-24(34)15-22/h2-10,15-17,20H,11-14,18-19H2,1H3,(H,35,36,37). The van der Waals surface area contributed by atoms with Crippen LogP contribution in [0.5, 0.6) is 5.75 Å². The Morgan fingerprint density at radius 2 is 1.88 bits per heavy atom. The molecule has 1 aliphatic heterocycles. The highest BCUT2D eigenvalue weighted by Gasteiger charge is 2.20. The number of aromatic nitrogens is 2. The number of amides is 1. The third-order valence-electron chi connectivity index (χ3n) is 7.26. The Hall–Kier alpha value is -4.47. The van der Waals surface area contributed by atoms with Crippen LogP contribution in [0.2, 0.25) is 5.02 Å². The average Bonchev–Trinajstić information content (AvgIpc) is 3.45. The van der Waals surface area contributed by atoms with Gasteiger partial charge >= 0.3 is 0 Å². The lowest BCUT2D eigenvalue weighted by atomic mass is 10.1. The second kappa shape index (κ2) is 12.2. The molecule has 3 heterocycles. The molecule has 3 aromatic carbocycles. The van der Waals surface area contributed by atoms with E-state index < -0.39 is 0 Å². The number of hydrogen-bond acceptors (Lipinski definition) is 7. The van der Waals surface area contributed by atoms with Crippen molar-refractivity contribution >= 4 is 39.9 Å². The van der Waals surface area contributed by atoms with Crippen LogP contribution < -0.4 is 10.1 Å². The highest BCUT2D eigenvalue weighted by atomic mass is 35.5. The molecule has 0 saturated carbocycles. The van der Waals surface area contributed by atoms with E-state index in [4.69, 9.17) is 20.8 Å². The minimum atomic E-state index is -0.310. The van der Waals surface area contributed by atoms with Crippen molar-refractivity contribution in [3.8, 4) is 17.1 Å². The molecule has 1 aliphatic rings. The van der Waals surface area contributed by atoms with E-state index in [1.165, 1.54) is 18.5 Å². The molecule has 6 rings (SSSR count). The number of carbonyl (C=O) groups excluding carboxylic acids is 1. The molecular weight excluding hydrogens is 557 g/mol. The second-order valence-electron chi connectivity index (χ2n) is 10.2. The van der Waals surface area contributed by atoms with Crippen LogP contribution in [0.25, 0.3) is 22.2 Å². The van der Waals surface area contributed by atoms with Crippen molar-refractivity contribution in [1.29, 1.82) is 0 Å². The molecule has 0 radical (unpaired) electrons. The molecule has 10 heteroatoms. The third kappa shape index (κ3) is 6.37. The van der Waals surface area contributed by atoms with Gasteiger partial charge in [0.1, 0.15) is 41.8 Å². The molecule has 1 N–H and O–H groups in total. The van der Waals surface area contributed by atoms with Crippen LogP contribution in [0, 0.1) is 5.82 Å². The number of halogens is 2. The lowest BCUT2D eigenvalue weighted by Crippen LogP contribution is -2.47. The number of piperazine rings is 1. The first kappa shape index (κ1) is 27.7. The lowest BCUT2D eigenvalue weighted by Gasteiger charge is -2.33. The van der Waals surface area contributed by atoms with Gasteiger partial charge in [0.15, 0.2) is 0 Å². The molecule has 5 aromatic rings. The summed E-state index contributed by atoms with van der Waals surface area (Å²) < 4.78 is 25.5. The van der Waals surface area contributed by atoms with Crippen molar-refractivity contribution < 1.29 is 18.3 Å². The molecule has 0 aliphatic carbocycles. The van der Waals surface area contributed by atoms with Crippen LogP contribution in [0.4, 0.5) is 15.9 Å². The predicted octanol–water partition coefficient (Wildman–Crippen LogP) is 6.67. The van der Waals surface area contributed by atoms with Gasteiger partial charge in [-0.3, -0.25) is 9.69 Å². The maximum atomic E-state index is 13.5. The van der Waals surface area contributed by atoms with Crippen molar-refractivity contribution in [2.24, 2.45) is 0 Å². The van der Waals surface area contributed by atoms with E-state index in [1.54, 1.807) is 31.2 Å². The molecule has 1 saturated heterocycles. The number of nitrogens with zero attached hydrogens (tertiary/aromatic N) is 4. The topological polar surface area (TPSA) is 83.7 Å². The van der Waals surface area contributed by atoms with E-state index in [2.05, 4.69) is 20.2 Å². The number of carbonyl (C=O) groups is 1. The Morgan fingerprint density at radius 1 is 1.02 bits per heavy atom. The van der Waals surface area contributed by atoms with E-state index in [0.29, 0.717) is 28.7 Å². The van der Waals surface area contributed by atoms with Crippen molar-refractivity contribution in [2.75, 3.05) is 31.5 Å². The molecule has 2 aromatic heterocycles. The third-order valence-corrected chi connectivity index (χ3v) is 7.55. The Bertz CT molecular complexity index is 1730. The van der Waals surface area contributed by atoms with Crippen LogP contribution in [0.15, 0.2) is 83.5 Å². The van der Waals surface area contributed by atoms with Gasteiger partial charge in [0, 0.05) is 49.7 Å². The van der Waals surface area contributed by atoms with Crippen LogP contribution in [0.3, 0.4) is 0 Å². The fourth-order valence-electron chi connectivity index (χ4n) is 4.99. The fourth-order valence-corrected chi connectivity index (χ4v) is 5.22. The second-order valence-corrected chi connectivity index (χ2v) is 10.6.